The molecule has 1 amide bonds. The van der Waals surface area contributed by atoms with Crippen LogP contribution >= 0.6 is 0 Å². The second kappa shape index (κ2) is 6.07. The largest absolute Gasteiger partial charge is 0.481 e. The van der Waals surface area contributed by atoms with Crippen LogP contribution in [0.5, 0.6) is 0 Å². The van der Waals surface area contributed by atoms with Gasteiger partial charge in [0.15, 0.2) is 0 Å². The number of carbonyl (C=O) groups is 2. The van der Waals surface area contributed by atoms with E-state index in [1.165, 1.54) is 0 Å². The van der Waals surface area contributed by atoms with Crippen molar-refractivity contribution in [3.05, 3.63) is 18.5 Å². The molecule has 1 aliphatic heterocycles. The van der Waals surface area contributed by atoms with Gasteiger partial charge in [-0.3, -0.25) is 9.59 Å². The first-order chi connectivity index (χ1) is 9.98. The Morgan fingerprint density at radius 3 is 2.62 bits per heavy atom. The second-order valence-electron chi connectivity index (χ2n) is 5.41. The smallest absolute Gasteiger partial charge is 0.311 e. The Morgan fingerprint density at radius 2 is 2.10 bits per heavy atom. The van der Waals surface area contributed by atoms with Gasteiger partial charge in [-0.15, -0.1) is 0 Å². The molecule has 1 N–H and O–H groups in total. The third-order valence-electron chi connectivity index (χ3n) is 4.10. The molecule has 1 unspecified atom stereocenters. The van der Waals surface area contributed by atoms with Crippen molar-refractivity contribution in [1.82, 2.24) is 14.9 Å². The lowest BCUT2D eigenvalue weighted by Gasteiger charge is -2.24. The van der Waals surface area contributed by atoms with E-state index in [0.29, 0.717) is 25.3 Å². The van der Waals surface area contributed by atoms with Crippen LogP contribution in [0.15, 0.2) is 18.5 Å². The van der Waals surface area contributed by atoms with E-state index >= 15 is 0 Å². The number of aromatic nitrogens is 2. The van der Waals surface area contributed by atoms with Crippen LogP contribution in [-0.2, 0) is 9.59 Å². The fourth-order valence-electron chi connectivity index (χ4n) is 2.56. The Balaban J connectivity index is 1.98. The van der Waals surface area contributed by atoms with Gasteiger partial charge in [0.25, 0.3) is 0 Å². The van der Waals surface area contributed by atoms with Crippen LogP contribution in [0.25, 0.3) is 0 Å². The number of carboxylic acids is 1. The molecule has 1 saturated heterocycles. The topological polar surface area (TPSA) is 86.6 Å². The number of rotatable bonds is 5. The summed E-state index contributed by atoms with van der Waals surface area (Å²) in [6.45, 7) is 2.76. The third-order valence-corrected chi connectivity index (χ3v) is 4.10. The number of hydrogen-bond acceptors (Lipinski definition) is 5. The van der Waals surface area contributed by atoms with Gasteiger partial charge in [0.1, 0.15) is 0 Å². The highest BCUT2D eigenvalue weighted by molar-refractivity contribution is 5.83. The van der Waals surface area contributed by atoms with E-state index in [-0.39, 0.29) is 19.0 Å². The first-order valence-electron chi connectivity index (χ1n) is 6.98. The second-order valence-corrected chi connectivity index (χ2v) is 5.41. The molecule has 0 aromatic carbocycles. The molecule has 1 fully saturated rings. The molecule has 0 aliphatic carbocycles. The van der Waals surface area contributed by atoms with Crippen molar-refractivity contribution in [1.29, 1.82) is 0 Å². The molecule has 7 nitrogen and oxygen atoms in total. The van der Waals surface area contributed by atoms with Gasteiger partial charge in [-0.05, 0) is 18.9 Å². The summed E-state index contributed by atoms with van der Waals surface area (Å²) >= 11 is 0. The van der Waals surface area contributed by atoms with Gasteiger partial charge in [0.2, 0.25) is 11.9 Å². The van der Waals surface area contributed by atoms with E-state index in [9.17, 15) is 14.7 Å². The van der Waals surface area contributed by atoms with Crippen LogP contribution in [0.1, 0.15) is 19.8 Å². The molecular weight excluding hydrogens is 272 g/mol. The van der Waals surface area contributed by atoms with E-state index < -0.39 is 11.4 Å². The highest BCUT2D eigenvalue weighted by Gasteiger charge is 2.44. The standard InChI is InChI=1S/C14H20N4O3/c1-3-14(12(20)21)5-8-18(10-14)11(19)9-17(2)13-15-6-4-7-16-13/h4,6-7H,3,5,8-10H2,1-2H3,(H,20,21). The molecule has 1 aliphatic rings. The van der Waals surface area contributed by atoms with Crippen LogP contribution in [0.3, 0.4) is 0 Å². The number of likely N-dealkylation sites (tertiary alicyclic amines) is 1. The van der Waals surface area contributed by atoms with Crippen molar-refractivity contribution in [3.63, 3.8) is 0 Å². The summed E-state index contributed by atoms with van der Waals surface area (Å²) in [7, 11) is 1.74. The molecular formula is C14H20N4O3. The predicted octanol–water partition coefficient (Wildman–Crippen LogP) is 0.626. The molecule has 1 aromatic rings. The van der Waals surface area contributed by atoms with Crippen LogP contribution < -0.4 is 4.90 Å². The van der Waals surface area contributed by atoms with E-state index in [1.807, 2.05) is 6.92 Å². The van der Waals surface area contributed by atoms with Crippen molar-refractivity contribution < 1.29 is 14.7 Å². The number of nitrogens with zero attached hydrogens (tertiary/aromatic N) is 4. The van der Waals surface area contributed by atoms with Gasteiger partial charge >= 0.3 is 5.97 Å². The van der Waals surface area contributed by atoms with E-state index in [4.69, 9.17) is 0 Å². The Labute approximate surface area is 123 Å². The maximum atomic E-state index is 12.3. The summed E-state index contributed by atoms with van der Waals surface area (Å²) in [5, 5.41) is 9.35. The SMILES string of the molecule is CCC1(C(=O)O)CCN(C(=O)CN(C)c2ncccn2)C1. The minimum Gasteiger partial charge on any atom is -0.481 e. The van der Waals surface area contributed by atoms with Crippen molar-refractivity contribution >= 4 is 17.8 Å². The summed E-state index contributed by atoms with van der Waals surface area (Å²) in [6, 6.07) is 1.71. The zero-order chi connectivity index (χ0) is 15.5. The minimum atomic E-state index is -0.819. The summed E-state index contributed by atoms with van der Waals surface area (Å²) in [5.41, 5.74) is -0.794. The third kappa shape index (κ3) is 3.12. The molecule has 1 aromatic heterocycles. The zero-order valence-corrected chi connectivity index (χ0v) is 12.3. The summed E-state index contributed by atoms with van der Waals surface area (Å²) in [6.07, 6.45) is 4.28. The van der Waals surface area contributed by atoms with E-state index in [1.54, 1.807) is 35.3 Å². The summed E-state index contributed by atoms with van der Waals surface area (Å²) < 4.78 is 0. The lowest BCUT2D eigenvalue weighted by atomic mass is 9.84. The lowest BCUT2D eigenvalue weighted by Crippen LogP contribution is -2.41. The molecule has 114 valence electrons. The first kappa shape index (κ1) is 15.2. The summed E-state index contributed by atoms with van der Waals surface area (Å²) in [4.78, 5) is 35.1. The van der Waals surface area contributed by atoms with Crippen molar-refractivity contribution in [2.75, 3.05) is 31.6 Å². The Kier molecular flexibility index (Phi) is 4.40. The average molecular weight is 292 g/mol. The number of aliphatic carboxylic acids is 1. The fraction of sp³-hybridized carbons (Fsp3) is 0.571. The van der Waals surface area contributed by atoms with Crippen LogP contribution in [-0.4, -0.2) is 58.5 Å². The van der Waals surface area contributed by atoms with Crippen molar-refractivity contribution in [2.45, 2.75) is 19.8 Å². The average Bonchev–Trinajstić information content (AvgIpc) is 2.94. The lowest BCUT2D eigenvalue weighted by molar-refractivity contribution is -0.148. The number of likely N-dealkylation sites (N-methyl/N-ethyl adjacent to an activating group) is 1. The molecule has 21 heavy (non-hydrogen) atoms. The predicted molar refractivity (Wildman–Crippen MR) is 76.9 cm³/mol. The number of carbonyl (C=O) groups excluding carboxylic acids is 1. The van der Waals surface area contributed by atoms with Crippen LogP contribution in [0, 0.1) is 5.41 Å². The number of carboxylic acid groups (broad SMARTS) is 1. The molecule has 2 heterocycles. The molecule has 0 radical (unpaired) electrons. The Bertz CT molecular complexity index is 522. The van der Waals surface area contributed by atoms with Gasteiger partial charge in [0, 0.05) is 32.5 Å². The van der Waals surface area contributed by atoms with Crippen LogP contribution in [0.4, 0.5) is 5.95 Å². The van der Waals surface area contributed by atoms with Gasteiger partial charge in [-0.25, -0.2) is 9.97 Å². The number of hydrogen-bond donors (Lipinski definition) is 1. The van der Waals surface area contributed by atoms with Gasteiger partial charge < -0.3 is 14.9 Å². The zero-order valence-electron chi connectivity index (χ0n) is 12.3. The van der Waals surface area contributed by atoms with Crippen LogP contribution in [0.2, 0.25) is 0 Å². The molecule has 7 heteroatoms. The highest BCUT2D eigenvalue weighted by Crippen LogP contribution is 2.34. The maximum Gasteiger partial charge on any atom is 0.311 e. The summed E-state index contributed by atoms with van der Waals surface area (Å²) in [5.74, 6) is -0.438. The van der Waals surface area contributed by atoms with E-state index in [0.717, 1.165) is 0 Å². The highest BCUT2D eigenvalue weighted by atomic mass is 16.4. The maximum absolute atomic E-state index is 12.3. The van der Waals surface area contributed by atoms with Crippen molar-refractivity contribution in [2.24, 2.45) is 5.41 Å². The van der Waals surface area contributed by atoms with E-state index in [2.05, 4.69) is 9.97 Å². The molecule has 0 saturated carbocycles. The first-order valence-corrected chi connectivity index (χ1v) is 6.98. The Morgan fingerprint density at radius 1 is 1.43 bits per heavy atom. The molecule has 1 atom stereocenters. The van der Waals surface area contributed by atoms with Gasteiger partial charge in [-0.1, -0.05) is 6.92 Å². The normalized spacial score (nSPS) is 21.3. The Hall–Kier alpha value is -2.18. The van der Waals surface area contributed by atoms with Gasteiger partial charge in [0.05, 0.1) is 12.0 Å². The number of amides is 1. The molecule has 2 rings (SSSR count). The fourth-order valence-corrected chi connectivity index (χ4v) is 2.56. The van der Waals surface area contributed by atoms with Crippen molar-refractivity contribution in [3.8, 4) is 0 Å². The molecule has 0 spiro atoms. The van der Waals surface area contributed by atoms with Gasteiger partial charge in [-0.2, -0.15) is 0 Å². The number of anilines is 1. The monoisotopic (exact) mass is 292 g/mol. The quantitative estimate of drug-likeness (QED) is 0.856. The minimum absolute atomic E-state index is 0.0958. The molecule has 0 bridgehead atoms.